The van der Waals surface area contributed by atoms with Gasteiger partial charge in [0.15, 0.2) is 5.96 Å². The lowest BCUT2D eigenvalue weighted by atomic mass is 10.1. The van der Waals surface area contributed by atoms with Crippen molar-refractivity contribution < 1.29 is 22.6 Å². The molecule has 2 aromatic carbocycles. The number of hydrogen-bond donors (Lipinski definition) is 2. The highest BCUT2D eigenvalue weighted by Crippen LogP contribution is 2.29. The van der Waals surface area contributed by atoms with Gasteiger partial charge in [-0.1, -0.05) is 36.4 Å². The summed E-state index contributed by atoms with van der Waals surface area (Å²) in [6.45, 7) is 5.33. The summed E-state index contributed by atoms with van der Waals surface area (Å²) in [4.78, 5) is 4.58. The number of aliphatic imine (C=N–C) groups is 1. The summed E-state index contributed by atoms with van der Waals surface area (Å²) in [6.07, 6.45) is -2.26. The molecule has 0 atom stereocenters. The third kappa shape index (κ3) is 7.84. The molecule has 1 heterocycles. The number of guanidine groups is 1. The number of nitrogens with one attached hydrogen (secondary N) is 2. The lowest BCUT2D eigenvalue weighted by Crippen LogP contribution is -2.36. The van der Waals surface area contributed by atoms with E-state index in [-0.39, 0.29) is 12.6 Å². The van der Waals surface area contributed by atoms with Gasteiger partial charge < -0.3 is 20.1 Å². The molecule has 1 fully saturated rings. The standard InChI is InChI=1S/C24H30F3N3O2/c1-2-28-23(30-16-19-6-4-8-21(14-19)24(25,26)27)29-15-18-5-3-7-20(13-18)17-32-22-9-11-31-12-10-22/h3-8,13-14,22H,2,9-12,15-17H2,1H3,(H2,28,29,30). The highest BCUT2D eigenvalue weighted by Gasteiger charge is 2.30. The molecule has 0 bridgehead atoms. The zero-order valence-corrected chi connectivity index (χ0v) is 18.3. The monoisotopic (exact) mass is 449 g/mol. The number of benzene rings is 2. The first-order valence-corrected chi connectivity index (χ1v) is 10.9. The maximum Gasteiger partial charge on any atom is 0.416 e. The quantitative estimate of drug-likeness (QED) is 0.455. The second-order valence-electron chi connectivity index (χ2n) is 7.69. The molecule has 3 rings (SSSR count). The minimum absolute atomic E-state index is 0.242. The number of halogens is 3. The Bertz CT molecular complexity index is 881. The zero-order chi connectivity index (χ0) is 22.8. The lowest BCUT2D eigenvalue weighted by molar-refractivity contribution is -0.137. The lowest BCUT2D eigenvalue weighted by Gasteiger charge is -2.22. The van der Waals surface area contributed by atoms with E-state index < -0.39 is 11.7 Å². The molecule has 174 valence electrons. The van der Waals surface area contributed by atoms with E-state index in [0.29, 0.717) is 31.2 Å². The first-order chi connectivity index (χ1) is 15.4. The van der Waals surface area contributed by atoms with Gasteiger partial charge in [0.2, 0.25) is 0 Å². The van der Waals surface area contributed by atoms with Crippen molar-refractivity contribution >= 4 is 5.96 Å². The Kier molecular flexibility index (Phi) is 8.93. The van der Waals surface area contributed by atoms with Crippen LogP contribution in [0.3, 0.4) is 0 Å². The largest absolute Gasteiger partial charge is 0.416 e. The van der Waals surface area contributed by atoms with Gasteiger partial charge in [-0.3, -0.25) is 0 Å². The summed E-state index contributed by atoms with van der Waals surface area (Å²) in [5.41, 5.74) is 2.01. The Labute approximate surface area is 187 Å². The van der Waals surface area contributed by atoms with Crippen molar-refractivity contribution in [2.45, 2.75) is 51.7 Å². The minimum Gasteiger partial charge on any atom is -0.381 e. The molecular formula is C24H30F3N3O2. The van der Waals surface area contributed by atoms with E-state index in [4.69, 9.17) is 9.47 Å². The molecule has 1 saturated heterocycles. The van der Waals surface area contributed by atoms with Gasteiger partial charge >= 0.3 is 6.18 Å². The van der Waals surface area contributed by atoms with Crippen molar-refractivity contribution in [1.82, 2.24) is 10.6 Å². The van der Waals surface area contributed by atoms with Gasteiger partial charge in [0.05, 0.1) is 24.8 Å². The van der Waals surface area contributed by atoms with Crippen molar-refractivity contribution in [2.75, 3.05) is 19.8 Å². The summed E-state index contributed by atoms with van der Waals surface area (Å²) in [7, 11) is 0. The fourth-order valence-corrected chi connectivity index (χ4v) is 3.43. The van der Waals surface area contributed by atoms with E-state index in [0.717, 1.165) is 49.3 Å². The van der Waals surface area contributed by atoms with E-state index in [2.05, 4.69) is 21.7 Å². The average Bonchev–Trinajstić information content (AvgIpc) is 2.80. The molecule has 1 aliphatic rings. The summed E-state index contributed by atoms with van der Waals surface area (Å²) in [5.74, 6) is 0.550. The van der Waals surface area contributed by atoms with Crippen LogP contribution in [0.5, 0.6) is 0 Å². The molecule has 0 spiro atoms. The molecule has 2 aromatic rings. The van der Waals surface area contributed by atoms with Gasteiger partial charge in [0.25, 0.3) is 0 Å². The molecule has 0 aliphatic carbocycles. The number of rotatable bonds is 8. The Hall–Kier alpha value is -2.58. The van der Waals surface area contributed by atoms with Crippen molar-refractivity contribution in [2.24, 2.45) is 4.99 Å². The van der Waals surface area contributed by atoms with Crippen LogP contribution in [0.2, 0.25) is 0 Å². The molecule has 1 aliphatic heterocycles. The summed E-state index contributed by atoms with van der Waals surface area (Å²) < 4.78 is 50.1. The minimum atomic E-state index is -4.35. The third-order valence-electron chi connectivity index (χ3n) is 5.12. The van der Waals surface area contributed by atoms with Crippen LogP contribution in [0.15, 0.2) is 53.5 Å². The number of hydrogen-bond acceptors (Lipinski definition) is 3. The summed E-state index contributed by atoms with van der Waals surface area (Å²) in [6, 6.07) is 13.4. The maximum atomic E-state index is 12.9. The Morgan fingerprint density at radius 2 is 1.75 bits per heavy atom. The predicted molar refractivity (Wildman–Crippen MR) is 118 cm³/mol. The van der Waals surface area contributed by atoms with E-state index in [9.17, 15) is 13.2 Å². The average molecular weight is 450 g/mol. The van der Waals surface area contributed by atoms with Crippen LogP contribution in [-0.2, 0) is 35.3 Å². The number of ether oxygens (including phenoxy) is 2. The highest BCUT2D eigenvalue weighted by atomic mass is 19.4. The van der Waals surface area contributed by atoms with Gasteiger partial charge in [-0.05, 0) is 48.6 Å². The second kappa shape index (κ2) is 11.9. The van der Waals surface area contributed by atoms with Gasteiger partial charge in [-0.15, -0.1) is 0 Å². The summed E-state index contributed by atoms with van der Waals surface area (Å²) >= 11 is 0. The van der Waals surface area contributed by atoms with Crippen LogP contribution in [0.4, 0.5) is 13.2 Å². The van der Waals surface area contributed by atoms with Gasteiger partial charge in [0.1, 0.15) is 0 Å². The normalized spacial score (nSPS) is 15.6. The summed E-state index contributed by atoms with van der Waals surface area (Å²) in [5, 5.41) is 6.23. The molecule has 8 heteroatoms. The van der Waals surface area contributed by atoms with Crippen LogP contribution in [0.1, 0.15) is 42.0 Å². The first kappa shape index (κ1) is 24.1. The molecule has 32 heavy (non-hydrogen) atoms. The van der Waals surface area contributed by atoms with Gasteiger partial charge in [-0.2, -0.15) is 13.2 Å². The van der Waals surface area contributed by atoms with E-state index >= 15 is 0 Å². The SMILES string of the molecule is CCNC(=NCc1cccc(COC2CCOCC2)c1)NCc1cccc(C(F)(F)F)c1. The maximum absolute atomic E-state index is 12.9. The van der Waals surface area contributed by atoms with Crippen molar-refractivity contribution in [3.8, 4) is 0 Å². The van der Waals surface area contributed by atoms with Crippen LogP contribution in [-0.4, -0.2) is 31.8 Å². The Balaban J connectivity index is 1.56. The molecule has 0 amide bonds. The molecule has 2 N–H and O–H groups in total. The molecule has 0 saturated carbocycles. The van der Waals surface area contributed by atoms with E-state index in [1.54, 1.807) is 6.07 Å². The van der Waals surface area contributed by atoms with Crippen LogP contribution in [0, 0.1) is 0 Å². The Morgan fingerprint density at radius 1 is 1.03 bits per heavy atom. The van der Waals surface area contributed by atoms with E-state index in [1.807, 2.05) is 25.1 Å². The molecular weight excluding hydrogens is 419 g/mol. The highest BCUT2D eigenvalue weighted by molar-refractivity contribution is 5.79. The first-order valence-electron chi connectivity index (χ1n) is 10.9. The number of nitrogens with zero attached hydrogens (tertiary/aromatic N) is 1. The molecule has 5 nitrogen and oxygen atoms in total. The molecule has 0 aromatic heterocycles. The molecule has 0 unspecified atom stereocenters. The predicted octanol–water partition coefficient (Wildman–Crippen LogP) is 4.66. The van der Waals surface area contributed by atoms with Gasteiger partial charge in [-0.25, -0.2) is 4.99 Å². The number of alkyl halides is 3. The topological polar surface area (TPSA) is 54.9 Å². The van der Waals surface area contributed by atoms with Crippen molar-refractivity contribution in [3.05, 3.63) is 70.8 Å². The molecule has 0 radical (unpaired) electrons. The van der Waals surface area contributed by atoms with Crippen LogP contribution >= 0.6 is 0 Å². The zero-order valence-electron chi connectivity index (χ0n) is 18.3. The Morgan fingerprint density at radius 3 is 2.50 bits per heavy atom. The van der Waals surface area contributed by atoms with Crippen molar-refractivity contribution in [1.29, 1.82) is 0 Å². The van der Waals surface area contributed by atoms with E-state index in [1.165, 1.54) is 6.07 Å². The van der Waals surface area contributed by atoms with Gasteiger partial charge in [0, 0.05) is 26.3 Å². The fourth-order valence-electron chi connectivity index (χ4n) is 3.43. The smallest absolute Gasteiger partial charge is 0.381 e. The van der Waals surface area contributed by atoms with Crippen LogP contribution < -0.4 is 10.6 Å². The van der Waals surface area contributed by atoms with Crippen LogP contribution in [0.25, 0.3) is 0 Å². The third-order valence-corrected chi connectivity index (χ3v) is 5.12. The second-order valence-corrected chi connectivity index (χ2v) is 7.69. The fraction of sp³-hybridized carbons (Fsp3) is 0.458. The van der Waals surface area contributed by atoms with Crippen molar-refractivity contribution in [3.63, 3.8) is 0 Å².